The first kappa shape index (κ1) is 39.1. The summed E-state index contributed by atoms with van der Waals surface area (Å²) in [7, 11) is -1.69. The molecule has 1 radical (unpaired) electrons. The maximum atomic E-state index is 13.6. The summed E-state index contributed by atoms with van der Waals surface area (Å²) < 4.78 is 85.9. The molecule has 9 rings (SSSR count). The van der Waals surface area contributed by atoms with E-state index in [1.807, 2.05) is 81.0 Å². The molecule has 0 saturated carbocycles. The molecular formula is C55H56F2IrN4OSi-2. The normalized spacial score (nSPS) is 14.2. The van der Waals surface area contributed by atoms with Crippen molar-refractivity contribution in [2.45, 2.75) is 99.7 Å². The molecule has 331 valence electrons. The van der Waals surface area contributed by atoms with Crippen LogP contribution in [0.2, 0.25) is 19.6 Å². The van der Waals surface area contributed by atoms with E-state index in [1.54, 1.807) is 39.0 Å². The minimum absolute atomic E-state index is 0. The van der Waals surface area contributed by atoms with Crippen LogP contribution in [0, 0.1) is 24.4 Å². The molecule has 9 aromatic rings. The molecule has 0 fully saturated rings. The van der Waals surface area contributed by atoms with Gasteiger partial charge in [0, 0.05) is 57.5 Å². The molecule has 0 saturated heterocycles. The molecule has 0 aliphatic heterocycles. The van der Waals surface area contributed by atoms with E-state index in [1.165, 1.54) is 12.3 Å². The topological polar surface area (TPSA) is 56.7 Å². The van der Waals surface area contributed by atoms with E-state index in [2.05, 4.69) is 72.3 Å². The Morgan fingerprint density at radius 3 is 2.16 bits per heavy atom. The number of rotatable bonds is 8. The van der Waals surface area contributed by atoms with Gasteiger partial charge < -0.3 is 19.0 Å². The summed E-state index contributed by atoms with van der Waals surface area (Å²) in [5.74, 6) is -0.779. The Hall–Kier alpha value is -5.34. The van der Waals surface area contributed by atoms with Gasteiger partial charge in [-0.25, -0.2) is 13.8 Å². The first-order chi connectivity index (χ1) is 32.2. The minimum Gasteiger partial charge on any atom is -0.500 e. The van der Waals surface area contributed by atoms with Crippen LogP contribution in [0.15, 0.2) is 114 Å². The first-order valence-corrected chi connectivity index (χ1v) is 24.7. The molecular weight excluding hydrogens is 991 g/mol. The van der Waals surface area contributed by atoms with Crippen LogP contribution in [0.25, 0.3) is 77.4 Å². The number of aromatic nitrogens is 4. The number of halogens is 2. The summed E-state index contributed by atoms with van der Waals surface area (Å²) >= 11 is 0. The molecule has 0 N–H and O–H groups in total. The number of hydrogen-bond acceptors (Lipinski definition) is 4. The zero-order valence-corrected chi connectivity index (χ0v) is 41.2. The largest absolute Gasteiger partial charge is 0.500 e. The van der Waals surface area contributed by atoms with Gasteiger partial charge in [-0.05, 0) is 89.7 Å². The van der Waals surface area contributed by atoms with Crippen molar-refractivity contribution < 1.29 is 41.5 Å². The van der Waals surface area contributed by atoms with Crippen LogP contribution in [0.5, 0.6) is 0 Å². The van der Waals surface area contributed by atoms with Crippen molar-refractivity contribution in [1.82, 2.24) is 19.5 Å². The number of alkyl halides is 2. The number of aryl methyl sites for hydroxylation is 1. The molecule has 0 amide bonds. The third-order valence-corrected chi connectivity index (χ3v) is 13.2. The standard InChI is InChI=1S/C31H30N3O.C24H26F2NSi.Ir/c1-18(2)34-17-33-30-23-9-12-28-29(22(23)8-10-26(30)34)24-13-20(7-11-27(24)35-28)25-14-21(15-31(4,5)6)19(3)16-32-25;1-16(2)20-14-22(27-15-23(20)28(3,4)5)18-11-12-19(24(25)26)21(13-18)17-9-7-6-8-10-17;/h8-14,16-18H,15H2,1-6H3;6-10,12-16,24H,1-5H3;/q2*-1;/i3D3,15D2;16D;. The molecule has 0 bridgehead atoms. The average molecular weight is 1050 g/mol. The van der Waals surface area contributed by atoms with Crippen LogP contribution in [0.4, 0.5) is 8.78 Å². The number of pyridine rings is 2. The van der Waals surface area contributed by atoms with Crippen LogP contribution in [-0.2, 0) is 26.5 Å². The van der Waals surface area contributed by atoms with Gasteiger partial charge in [-0.1, -0.05) is 130 Å². The number of furan rings is 1. The number of imidazole rings is 1. The number of nitrogens with zero attached hydrogens (tertiary/aromatic N) is 4. The van der Waals surface area contributed by atoms with Crippen molar-refractivity contribution in [3.05, 3.63) is 144 Å². The second kappa shape index (κ2) is 18.3. The summed E-state index contributed by atoms with van der Waals surface area (Å²) in [6.45, 7) is 17.5. The molecule has 5 nitrogen and oxygen atoms in total. The molecule has 5 aromatic carbocycles. The minimum atomic E-state index is -2.58. The molecule has 0 unspecified atom stereocenters. The van der Waals surface area contributed by atoms with Crippen molar-refractivity contribution in [1.29, 1.82) is 0 Å². The van der Waals surface area contributed by atoms with E-state index < -0.39 is 39.0 Å². The van der Waals surface area contributed by atoms with E-state index >= 15 is 0 Å². The van der Waals surface area contributed by atoms with E-state index in [4.69, 9.17) is 17.6 Å². The SMILES string of the molecule is [2H]C(C)(C)c1cc(-c2[c-]cc(C(F)F)c(-c3ccccc3)c2)ncc1[Si](C)(C)C.[2H]C([2H])([2H])c1cnc(-c2[c-]cc3oc4ccc5c(ccc6c5ncn6C(C)C)c4c3c2)cc1C([2H])([2H])C(C)(C)C.[Ir]. The molecule has 0 aliphatic rings. The van der Waals surface area contributed by atoms with Gasteiger partial charge in [-0.3, -0.25) is 0 Å². The third kappa shape index (κ3) is 9.40. The summed E-state index contributed by atoms with van der Waals surface area (Å²) in [5, 5.41) is 5.02. The van der Waals surface area contributed by atoms with Gasteiger partial charge in [0.15, 0.2) is 0 Å². The summed E-state index contributed by atoms with van der Waals surface area (Å²) in [6.07, 6.45) is 0.526. The van der Waals surface area contributed by atoms with Crippen LogP contribution in [-0.4, -0.2) is 27.6 Å². The molecule has 0 aliphatic carbocycles. The molecule has 4 aromatic heterocycles. The van der Waals surface area contributed by atoms with Gasteiger partial charge >= 0.3 is 0 Å². The fourth-order valence-electron chi connectivity index (χ4n) is 8.11. The van der Waals surface area contributed by atoms with Crippen molar-refractivity contribution in [3.8, 4) is 33.6 Å². The molecule has 9 heteroatoms. The number of benzene rings is 5. The predicted octanol–water partition coefficient (Wildman–Crippen LogP) is 15.2. The Bertz CT molecular complexity index is 3390. The smallest absolute Gasteiger partial charge is 0.232 e. The Morgan fingerprint density at radius 1 is 0.797 bits per heavy atom. The van der Waals surface area contributed by atoms with Crippen LogP contribution in [0.1, 0.15) is 97.3 Å². The van der Waals surface area contributed by atoms with Gasteiger partial charge in [0.25, 0.3) is 0 Å². The van der Waals surface area contributed by atoms with Crippen LogP contribution in [0.3, 0.4) is 0 Å². The van der Waals surface area contributed by atoms with Crippen molar-refractivity contribution in [2.24, 2.45) is 5.41 Å². The Kier molecular flexibility index (Phi) is 11.1. The zero-order chi connectivity index (χ0) is 50.2. The second-order valence-electron chi connectivity index (χ2n) is 18.7. The van der Waals surface area contributed by atoms with Gasteiger partial charge in [0.1, 0.15) is 5.58 Å². The molecule has 0 spiro atoms. The van der Waals surface area contributed by atoms with E-state index in [9.17, 15) is 8.78 Å². The van der Waals surface area contributed by atoms with Gasteiger partial charge in [0.05, 0.1) is 31.0 Å². The van der Waals surface area contributed by atoms with Gasteiger partial charge in [-0.2, -0.15) is 0 Å². The summed E-state index contributed by atoms with van der Waals surface area (Å²) in [5.41, 5.74) is 7.10. The Morgan fingerprint density at radius 2 is 1.48 bits per heavy atom. The fraction of sp³-hybridized carbons (Fsp3) is 0.291. The predicted molar refractivity (Wildman–Crippen MR) is 261 cm³/mol. The average Bonchev–Trinajstić information content (AvgIpc) is 3.90. The Balaban J connectivity index is 0.000000214. The number of hydrogen-bond donors (Lipinski definition) is 0. The maximum absolute atomic E-state index is 13.6. The van der Waals surface area contributed by atoms with E-state index in [-0.39, 0.29) is 42.8 Å². The van der Waals surface area contributed by atoms with Gasteiger partial charge in [0.2, 0.25) is 6.43 Å². The monoisotopic (exact) mass is 1050 g/mol. The molecule has 4 heterocycles. The van der Waals surface area contributed by atoms with Crippen molar-refractivity contribution in [3.63, 3.8) is 0 Å². The zero-order valence-electron chi connectivity index (χ0n) is 43.8. The van der Waals surface area contributed by atoms with E-state index in [0.29, 0.717) is 33.7 Å². The number of fused-ring (bicyclic) bond motifs is 7. The fourth-order valence-corrected chi connectivity index (χ4v) is 9.69. The maximum Gasteiger partial charge on any atom is 0.232 e. The van der Waals surface area contributed by atoms with Crippen molar-refractivity contribution in [2.75, 3.05) is 0 Å². The summed E-state index contributed by atoms with van der Waals surface area (Å²) in [6, 6.07) is 34.2. The van der Waals surface area contributed by atoms with E-state index in [0.717, 1.165) is 54.5 Å². The van der Waals surface area contributed by atoms with Crippen molar-refractivity contribution >= 4 is 57.0 Å². The van der Waals surface area contributed by atoms with Crippen LogP contribution >= 0.6 is 0 Å². The van der Waals surface area contributed by atoms with Crippen LogP contribution < -0.4 is 5.19 Å². The second-order valence-corrected chi connectivity index (χ2v) is 23.7. The molecule has 0 atom stereocenters. The first-order valence-electron chi connectivity index (χ1n) is 24.2. The summed E-state index contributed by atoms with van der Waals surface area (Å²) in [4.78, 5) is 13.8. The van der Waals surface area contributed by atoms with Gasteiger partial charge in [-0.15, -0.1) is 47.5 Å². The third-order valence-electron chi connectivity index (χ3n) is 11.2. The molecule has 64 heavy (non-hydrogen) atoms. The quantitative estimate of drug-likeness (QED) is 0.112. The Labute approximate surface area is 399 Å².